The molecule has 1 saturated heterocycles. The number of aliphatic hydroxyl groups excluding tert-OH is 1. The first-order valence-electron chi connectivity index (χ1n) is 10.6. The molecule has 4 heteroatoms. The highest BCUT2D eigenvalue weighted by molar-refractivity contribution is 5.85. The summed E-state index contributed by atoms with van der Waals surface area (Å²) in [7, 11) is 0. The predicted molar refractivity (Wildman–Crippen MR) is 120 cm³/mol. The van der Waals surface area contributed by atoms with Gasteiger partial charge in [0.15, 0.2) is 0 Å². The van der Waals surface area contributed by atoms with Gasteiger partial charge in [-0.15, -0.1) is 12.4 Å². The smallest absolute Gasteiger partial charge is 0.0558 e. The van der Waals surface area contributed by atoms with E-state index < -0.39 is 0 Å². The van der Waals surface area contributed by atoms with Crippen LogP contribution in [0.3, 0.4) is 0 Å². The topological polar surface area (TPSA) is 26.7 Å². The molecule has 0 bridgehead atoms. The van der Waals surface area contributed by atoms with Gasteiger partial charge in [-0.05, 0) is 61.9 Å². The van der Waals surface area contributed by atoms with Crippen LogP contribution in [-0.4, -0.2) is 48.3 Å². The Morgan fingerprint density at radius 2 is 1.61 bits per heavy atom. The lowest BCUT2D eigenvalue weighted by molar-refractivity contribution is 0.112. The number of fused-ring (bicyclic) bond motifs is 1. The zero-order valence-electron chi connectivity index (χ0n) is 16.7. The number of hydrogen-bond acceptors (Lipinski definition) is 3. The minimum Gasteiger partial charge on any atom is -0.395 e. The summed E-state index contributed by atoms with van der Waals surface area (Å²) in [5.74, 6) is 0. The summed E-state index contributed by atoms with van der Waals surface area (Å²) in [6.45, 7) is 3.34. The second-order valence-electron chi connectivity index (χ2n) is 8.06. The molecule has 1 N–H and O–H groups in total. The van der Waals surface area contributed by atoms with Gasteiger partial charge in [-0.3, -0.25) is 4.90 Å². The Labute approximate surface area is 175 Å². The number of aliphatic hydroxyl groups is 1. The fourth-order valence-electron chi connectivity index (χ4n) is 5.00. The second kappa shape index (κ2) is 10.3. The molecule has 0 radical (unpaired) electrons. The fraction of sp³-hybridized carbons (Fsp3) is 0.500. The molecule has 0 amide bonds. The second-order valence-corrected chi connectivity index (χ2v) is 8.06. The van der Waals surface area contributed by atoms with Crippen LogP contribution in [0.1, 0.15) is 36.8 Å². The normalized spacial score (nSPS) is 19.8. The highest BCUT2D eigenvalue weighted by Crippen LogP contribution is 2.30. The fourth-order valence-corrected chi connectivity index (χ4v) is 5.00. The number of piperidine rings is 1. The van der Waals surface area contributed by atoms with Gasteiger partial charge in [-0.25, -0.2) is 0 Å². The molecule has 1 aliphatic carbocycles. The first-order valence-corrected chi connectivity index (χ1v) is 10.6. The zero-order chi connectivity index (χ0) is 18.5. The van der Waals surface area contributed by atoms with E-state index in [1.807, 2.05) is 0 Å². The van der Waals surface area contributed by atoms with E-state index in [9.17, 15) is 5.11 Å². The van der Waals surface area contributed by atoms with Gasteiger partial charge < -0.3 is 10.0 Å². The summed E-state index contributed by atoms with van der Waals surface area (Å²) < 4.78 is 0. The number of halogens is 1. The van der Waals surface area contributed by atoms with Crippen LogP contribution in [0.4, 0.5) is 5.69 Å². The van der Waals surface area contributed by atoms with Crippen molar-refractivity contribution in [1.82, 2.24) is 4.90 Å². The van der Waals surface area contributed by atoms with E-state index in [0.29, 0.717) is 12.1 Å². The minimum atomic E-state index is 0. The predicted octanol–water partition coefficient (Wildman–Crippen LogP) is 4.32. The SMILES string of the molecule is Cl.OCCN1CCCCC1CCN(c1ccccc1)C1Cc2ccccc2C1. The van der Waals surface area contributed by atoms with Crippen molar-refractivity contribution in [3.05, 3.63) is 65.7 Å². The van der Waals surface area contributed by atoms with Crippen LogP contribution in [-0.2, 0) is 12.8 Å². The molecule has 0 aromatic heterocycles. The van der Waals surface area contributed by atoms with E-state index >= 15 is 0 Å². The van der Waals surface area contributed by atoms with Gasteiger partial charge in [-0.1, -0.05) is 48.9 Å². The van der Waals surface area contributed by atoms with Crippen LogP contribution < -0.4 is 4.90 Å². The van der Waals surface area contributed by atoms with Crippen LogP contribution in [0.5, 0.6) is 0 Å². The molecule has 0 spiro atoms. The van der Waals surface area contributed by atoms with E-state index in [1.54, 1.807) is 0 Å². The molecule has 1 unspecified atom stereocenters. The van der Waals surface area contributed by atoms with Gasteiger partial charge in [0.25, 0.3) is 0 Å². The third-order valence-electron chi connectivity index (χ3n) is 6.40. The largest absolute Gasteiger partial charge is 0.395 e. The number of likely N-dealkylation sites (tertiary alicyclic amines) is 1. The maximum atomic E-state index is 9.41. The van der Waals surface area contributed by atoms with Crippen LogP contribution in [0.15, 0.2) is 54.6 Å². The molecule has 2 aromatic carbocycles. The summed E-state index contributed by atoms with van der Waals surface area (Å²) in [6, 6.07) is 21.0. The van der Waals surface area contributed by atoms with Gasteiger partial charge in [0.1, 0.15) is 0 Å². The van der Waals surface area contributed by atoms with Crippen molar-refractivity contribution in [1.29, 1.82) is 0 Å². The Kier molecular flexibility index (Phi) is 7.78. The van der Waals surface area contributed by atoms with Crippen molar-refractivity contribution >= 4 is 18.1 Å². The van der Waals surface area contributed by atoms with E-state index in [0.717, 1.165) is 32.5 Å². The summed E-state index contributed by atoms with van der Waals surface area (Å²) in [6.07, 6.45) is 7.35. The molecule has 4 rings (SSSR count). The van der Waals surface area contributed by atoms with E-state index in [-0.39, 0.29) is 19.0 Å². The van der Waals surface area contributed by atoms with Crippen molar-refractivity contribution in [3.8, 4) is 0 Å². The molecule has 1 aliphatic heterocycles. The standard InChI is InChI=1S/C24H32N2O.ClH/c27-17-16-25-14-7-6-10-22(25)13-15-26(23-11-2-1-3-12-23)24-18-20-8-4-5-9-21(20)19-24;/h1-5,8-9,11-12,22,24,27H,6-7,10,13-19H2;1H. The molecular formula is C24H33ClN2O. The maximum absolute atomic E-state index is 9.41. The van der Waals surface area contributed by atoms with Gasteiger partial charge >= 0.3 is 0 Å². The number of nitrogens with zero attached hydrogens (tertiary/aromatic N) is 2. The van der Waals surface area contributed by atoms with Crippen LogP contribution in [0, 0.1) is 0 Å². The van der Waals surface area contributed by atoms with Crippen molar-refractivity contribution in [2.45, 2.75) is 50.6 Å². The molecule has 1 heterocycles. The lowest BCUT2D eigenvalue weighted by Crippen LogP contribution is -2.45. The average Bonchev–Trinajstić information content (AvgIpc) is 3.14. The summed E-state index contributed by atoms with van der Waals surface area (Å²) >= 11 is 0. The number of hydrogen-bond donors (Lipinski definition) is 1. The third kappa shape index (κ3) is 4.89. The lowest BCUT2D eigenvalue weighted by atomic mass is 9.98. The molecule has 3 nitrogen and oxygen atoms in total. The van der Waals surface area contributed by atoms with Crippen molar-refractivity contribution in [2.75, 3.05) is 31.1 Å². The van der Waals surface area contributed by atoms with Gasteiger partial charge in [-0.2, -0.15) is 0 Å². The van der Waals surface area contributed by atoms with Crippen LogP contribution in [0.2, 0.25) is 0 Å². The number of β-amino-alcohol motifs (C(OH)–C–C–N with tert-alkyl or cyclic N) is 1. The quantitative estimate of drug-likeness (QED) is 0.749. The highest BCUT2D eigenvalue weighted by Gasteiger charge is 2.28. The van der Waals surface area contributed by atoms with E-state index in [1.165, 1.54) is 42.5 Å². The highest BCUT2D eigenvalue weighted by atomic mass is 35.5. The van der Waals surface area contributed by atoms with Crippen LogP contribution >= 0.6 is 12.4 Å². The minimum absolute atomic E-state index is 0. The Bertz CT molecular complexity index is 697. The number of benzene rings is 2. The molecule has 2 aliphatic rings. The molecule has 0 saturated carbocycles. The first kappa shape index (κ1) is 21.2. The average molecular weight is 401 g/mol. The number of rotatable bonds is 7. The molecule has 28 heavy (non-hydrogen) atoms. The molecular weight excluding hydrogens is 368 g/mol. The Balaban J connectivity index is 0.00000225. The number of para-hydroxylation sites is 1. The Morgan fingerprint density at radius 1 is 0.929 bits per heavy atom. The van der Waals surface area contributed by atoms with Gasteiger partial charge in [0.05, 0.1) is 6.61 Å². The van der Waals surface area contributed by atoms with Crippen molar-refractivity contribution in [3.63, 3.8) is 0 Å². The Morgan fingerprint density at radius 3 is 2.29 bits per heavy atom. The molecule has 152 valence electrons. The third-order valence-corrected chi connectivity index (χ3v) is 6.40. The summed E-state index contributed by atoms with van der Waals surface area (Å²) in [5, 5.41) is 9.41. The van der Waals surface area contributed by atoms with E-state index in [2.05, 4.69) is 64.4 Å². The number of anilines is 1. The first-order chi connectivity index (χ1) is 13.3. The van der Waals surface area contributed by atoms with E-state index in [4.69, 9.17) is 0 Å². The van der Waals surface area contributed by atoms with Crippen LogP contribution in [0.25, 0.3) is 0 Å². The van der Waals surface area contributed by atoms with Crippen molar-refractivity contribution in [2.24, 2.45) is 0 Å². The maximum Gasteiger partial charge on any atom is 0.0558 e. The lowest BCUT2D eigenvalue weighted by Gasteiger charge is -2.38. The molecule has 2 aromatic rings. The molecule has 1 fully saturated rings. The van der Waals surface area contributed by atoms with Gasteiger partial charge in [0, 0.05) is 30.9 Å². The molecule has 1 atom stereocenters. The van der Waals surface area contributed by atoms with Crippen molar-refractivity contribution < 1.29 is 5.11 Å². The monoisotopic (exact) mass is 400 g/mol. The zero-order valence-corrected chi connectivity index (χ0v) is 17.5. The Hall–Kier alpha value is -1.55. The summed E-state index contributed by atoms with van der Waals surface area (Å²) in [5.41, 5.74) is 4.38. The van der Waals surface area contributed by atoms with Gasteiger partial charge in [0.2, 0.25) is 0 Å². The summed E-state index contributed by atoms with van der Waals surface area (Å²) in [4.78, 5) is 5.15.